The zero-order valence-electron chi connectivity index (χ0n) is 15.8. The van der Waals surface area contributed by atoms with Gasteiger partial charge in [0.15, 0.2) is 5.65 Å². The second-order valence-corrected chi connectivity index (χ2v) is 6.56. The fourth-order valence-electron chi connectivity index (χ4n) is 3.16. The van der Waals surface area contributed by atoms with Crippen LogP contribution < -0.4 is 10.3 Å². The summed E-state index contributed by atoms with van der Waals surface area (Å²) >= 11 is 0. The van der Waals surface area contributed by atoms with Gasteiger partial charge in [0.05, 0.1) is 24.4 Å². The van der Waals surface area contributed by atoms with Crippen molar-refractivity contribution in [3.8, 4) is 17.1 Å². The minimum absolute atomic E-state index is 0.208. The van der Waals surface area contributed by atoms with Crippen LogP contribution in [0.5, 0.6) is 5.75 Å². The number of hydrogen-bond acceptors (Lipinski definition) is 5. The van der Waals surface area contributed by atoms with Gasteiger partial charge >= 0.3 is 0 Å². The number of benzene rings is 1. The number of nitrogens with zero attached hydrogens (tertiary/aromatic N) is 4. The average molecular weight is 375 g/mol. The van der Waals surface area contributed by atoms with E-state index in [9.17, 15) is 4.79 Å². The molecule has 0 fully saturated rings. The molecule has 142 valence electrons. The highest BCUT2D eigenvalue weighted by Gasteiger charge is 2.17. The SMILES string of the molecule is CCCOc1ccccc1-c1nc2c(c(C)nn2Cc2cccnc2)c(=O)[nH]1. The molecule has 0 bridgehead atoms. The number of aryl methyl sites for hydroxylation is 1. The molecule has 3 aromatic heterocycles. The van der Waals surface area contributed by atoms with Crippen molar-refractivity contribution < 1.29 is 4.74 Å². The first kappa shape index (κ1) is 17.9. The van der Waals surface area contributed by atoms with E-state index in [1.165, 1.54) is 0 Å². The smallest absolute Gasteiger partial charge is 0.262 e. The number of rotatable bonds is 6. The fourth-order valence-corrected chi connectivity index (χ4v) is 3.16. The Kier molecular flexibility index (Phi) is 4.89. The number of fused-ring (bicyclic) bond motifs is 1. The second-order valence-electron chi connectivity index (χ2n) is 6.56. The number of nitrogens with one attached hydrogen (secondary N) is 1. The Balaban J connectivity index is 1.84. The lowest BCUT2D eigenvalue weighted by molar-refractivity contribution is 0.318. The summed E-state index contributed by atoms with van der Waals surface area (Å²) in [4.78, 5) is 24.6. The summed E-state index contributed by atoms with van der Waals surface area (Å²) in [5.74, 6) is 1.17. The second kappa shape index (κ2) is 7.64. The van der Waals surface area contributed by atoms with Crippen LogP contribution in [0.2, 0.25) is 0 Å². The summed E-state index contributed by atoms with van der Waals surface area (Å²) in [6.07, 6.45) is 4.41. The molecule has 4 aromatic rings. The van der Waals surface area contributed by atoms with E-state index in [1.807, 2.05) is 43.3 Å². The lowest BCUT2D eigenvalue weighted by Crippen LogP contribution is -2.12. The number of pyridine rings is 1. The maximum Gasteiger partial charge on any atom is 0.262 e. The van der Waals surface area contributed by atoms with E-state index in [2.05, 4.69) is 22.0 Å². The molecular formula is C21H21N5O2. The minimum Gasteiger partial charge on any atom is -0.493 e. The van der Waals surface area contributed by atoms with Crippen LogP contribution in [-0.4, -0.2) is 31.3 Å². The molecule has 0 amide bonds. The third-order valence-electron chi connectivity index (χ3n) is 4.44. The Morgan fingerprint density at radius 1 is 1.18 bits per heavy atom. The van der Waals surface area contributed by atoms with Crippen LogP contribution in [0.1, 0.15) is 24.6 Å². The van der Waals surface area contributed by atoms with Crippen molar-refractivity contribution in [1.82, 2.24) is 24.7 Å². The van der Waals surface area contributed by atoms with Gasteiger partial charge in [-0.2, -0.15) is 5.10 Å². The monoisotopic (exact) mass is 375 g/mol. The number of ether oxygens (including phenoxy) is 1. The van der Waals surface area contributed by atoms with Gasteiger partial charge in [0.1, 0.15) is 17.0 Å². The van der Waals surface area contributed by atoms with E-state index in [0.717, 1.165) is 17.5 Å². The molecule has 0 aliphatic rings. The van der Waals surface area contributed by atoms with Gasteiger partial charge in [0.25, 0.3) is 5.56 Å². The lowest BCUT2D eigenvalue weighted by atomic mass is 10.2. The molecule has 7 heteroatoms. The van der Waals surface area contributed by atoms with Crippen LogP contribution in [0.25, 0.3) is 22.4 Å². The lowest BCUT2D eigenvalue weighted by Gasteiger charge is -2.10. The Morgan fingerprint density at radius 2 is 2.04 bits per heavy atom. The standard InChI is InChI=1S/C21H21N5O2/c1-3-11-28-17-9-5-4-8-16(17)19-23-20-18(21(27)24-19)14(2)25-26(20)13-15-7-6-10-22-12-15/h4-10,12H,3,11,13H2,1-2H3,(H,23,24,27). The zero-order chi connectivity index (χ0) is 19.5. The molecule has 0 saturated heterocycles. The maximum absolute atomic E-state index is 12.8. The highest BCUT2D eigenvalue weighted by Crippen LogP contribution is 2.28. The third kappa shape index (κ3) is 3.38. The Morgan fingerprint density at radius 3 is 2.82 bits per heavy atom. The van der Waals surface area contributed by atoms with Crippen molar-refractivity contribution in [2.24, 2.45) is 0 Å². The van der Waals surface area contributed by atoms with Crippen LogP contribution >= 0.6 is 0 Å². The molecule has 3 heterocycles. The molecule has 1 aromatic carbocycles. The largest absolute Gasteiger partial charge is 0.493 e. The number of para-hydroxylation sites is 1. The first-order chi connectivity index (χ1) is 13.7. The molecule has 0 saturated carbocycles. The summed E-state index contributed by atoms with van der Waals surface area (Å²) in [6, 6.07) is 11.4. The maximum atomic E-state index is 12.8. The normalized spacial score (nSPS) is 11.1. The molecule has 7 nitrogen and oxygen atoms in total. The molecule has 1 N–H and O–H groups in total. The van der Waals surface area contributed by atoms with E-state index >= 15 is 0 Å². The molecule has 0 aliphatic heterocycles. The quantitative estimate of drug-likeness (QED) is 0.559. The zero-order valence-corrected chi connectivity index (χ0v) is 15.8. The molecule has 0 radical (unpaired) electrons. The van der Waals surface area contributed by atoms with Gasteiger partial charge in [0, 0.05) is 12.4 Å². The first-order valence-corrected chi connectivity index (χ1v) is 9.26. The Bertz CT molecular complexity index is 1160. The van der Waals surface area contributed by atoms with Crippen LogP contribution in [0, 0.1) is 6.92 Å². The van der Waals surface area contributed by atoms with Crippen LogP contribution in [0.3, 0.4) is 0 Å². The topological polar surface area (TPSA) is 85.7 Å². The highest BCUT2D eigenvalue weighted by atomic mass is 16.5. The van der Waals surface area contributed by atoms with E-state index in [0.29, 0.717) is 41.5 Å². The Hall–Kier alpha value is -3.48. The summed E-state index contributed by atoms with van der Waals surface area (Å²) in [6.45, 7) is 4.95. The highest BCUT2D eigenvalue weighted by molar-refractivity contribution is 5.79. The molecule has 0 spiro atoms. The molecule has 0 aliphatic carbocycles. The van der Waals surface area contributed by atoms with Gasteiger partial charge in [-0.15, -0.1) is 0 Å². The minimum atomic E-state index is -0.208. The van der Waals surface area contributed by atoms with Crippen molar-refractivity contribution in [3.05, 3.63) is 70.4 Å². The number of aromatic nitrogens is 5. The van der Waals surface area contributed by atoms with Crippen molar-refractivity contribution in [2.45, 2.75) is 26.8 Å². The van der Waals surface area contributed by atoms with Gasteiger partial charge in [-0.3, -0.25) is 9.78 Å². The molecule has 0 unspecified atom stereocenters. The third-order valence-corrected chi connectivity index (χ3v) is 4.44. The fraction of sp³-hybridized carbons (Fsp3) is 0.238. The Labute approximate surface area is 162 Å². The first-order valence-electron chi connectivity index (χ1n) is 9.26. The van der Waals surface area contributed by atoms with Gasteiger partial charge < -0.3 is 9.72 Å². The predicted octanol–water partition coefficient (Wildman–Crippen LogP) is 3.33. The summed E-state index contributed by atoms with van der Waals surface area (Å²) in [5, 5.41) is 5.03. The van der Waals surface area contributed by atoms with E-state index in [-0.39, 0.29) is 5.56 Å². The average Bonchev–Trinajstić information content (AvgIpc) is 3.03. The van der Waals surface area contributed by atoms with Crippen molar-refractivity contribution in [1.29, 1.82) is 0 Å². The number of H-pyrrole nitrogens is 1. The van der Waals surface area contributed by atoms with Gasteiger partial charge in [-0.05, 0) is 37.1 Å². The van der Waals surface area contributed by atoms with E-state index in [1.54, 1.807) is 17.1 Å². The van der Waals surface area contributed by atoms with E-state index in [4.69, 9.17) is 9.72 Å². The molecule has 0 atom stereocenters. The van der Waals surface area contributed by atoms with Crippen LogP contribution in [-0.2, 0) is 6.54 Å². The summed E-state index contributed by atoms with van der Waals surface area (Å²) < 4.78 is 7.58. The van der Waals surface area contributed by atoms with Crippen molar-refractivity contribution in [2.75, 3.05) is 6.61 Å². The van der Waals surface area contributed by atoms with Crippen LogP contribution in [0.15, 0.2) is 53.6 Å². The van der Waals surface area contributed by atoms with Gasteiger partial charge in [-0.25, -0.2) is 9.67 Å². The molecular weight excluding hydrogens is 354 g/mol. The molecule has 4 rings (SSSR count). The number of hydrogen-bond donors (Lipinski definition) is 1. The van der Waals surface area contributed by atoms with Gasteiger partial charge in [-0.1, -0.05) is 25.1 Å². The molecule has 28 heavy (non-hydrogen) atoms. The van der Waals surface area contributed by atoms with E-state index < -0.39 is 0 Å². The van der Waals surface area contributed by atoms with Gasteiger partial charge in [0.2, 0.25) is 0 Å². The van der Waals surface area contributed by atoms with Crippen LogP contribution in [0.4, 0.5) is 0 Å². The number of aromatic amines is 1. The summed E-state index contributed by atoms with van der Waals surface area (Å²) in [5.41, 5.74) is 2.73. The summed E-state index contributed by atoms with van der Waals surface area (Å²) in [7, 11) is 0. The van der Waals surface area contributed by atoms with Crippen molar-refractivity contribution in [3.63, 3.8) is 0 Å². The van der Waals surface area contributed by atoms with Crippen molar-refractivity contribution >= 4 is 11.0 Å². The predicted molar refractivity (Wildman–Crippen MR) is 107 cm³/mol.